The first-order valence-corrected chi connectivity index (χ1v) is 6.69. The second kappa shape index (κ2) is 7.24. The Hall–Kier alpha value is -1.42. The molecule has 0 saturated heterocycles. The van der Waals surface area contributed by atoms with Crippen molar-refractivity contribution < 1.29 is 9.18 Å². The Kier molecular flexibility index (Phi) is 5.96. The number of hydrogen-bond acceptors (Lipinski definition) is 2. The van der Waals surface area contributed by atoms with E-state index in [9.17, 15) is 9.18 Å². The van der Waals surface area contributed by atoms with Crippen LogP contribution in [0.2, 0.25) is 0 Å². The molecule has 1 unspecified atom stereocenters. The highest BCUT2D eigenvalue weighted by Crippen LogP contribution is 2.14. The molecule has 0 spiro atoms. The van der Waals surface area contributed by atoms with Crippen molar-refractivity contribution in [3.8, 4) is 0 Å². The molecule has 1 atom stereocenters. The molecular formula is C15H23FN2O. The Morgan fingerprint density at radius 2 is 1.89 bits per heavy atom. The van der Waals surface area contributed by atoms with Crippen LogP contribution in [0.3, 0.4) is 0 Å². The molecule has 0 saturated carbocycles. The SMILES string of the molecule is CCC(C)NCC(=O)NCc1cc(C)c(F)c(C)c1. The molecule has 2 N–H and O–H groups in total. The van der Waals surface area contributed by atoms with Gasteiger partial charge in [-0.05, 0) is 43.9 Å². The summed E-state index contributed by atoms with van der Waals surface area (Å²) in [5, 5.41) is 5.96. The fourth-order valence-electron chi connectivity index (χ4n) is 1.81. The van der Waals surface area contributed by atoms with Crippen molar-refractivity contribution in [3.05, 3.63) is 34.6 Å². The maximum atomic E-state index is 13.5. The minimum absolute atomic E-state index is 0.0417. The fourth-order valence-corrected chi connectivity index (χ4v) is 1.81. The minimum atomic E-state index is -0.173. The lowest BCUT2D eigenvalue weighted by molar-refractivity contribution is -0.120. The van der Waals surface area contributed by atoms with Gasteiger partial charge in [0.1, 0.15) is 5.82 Å². The van der Waals surface area contributed by atoms with Crippen LogP contribution in [-0.2, 0) is 11.3 Å². The van der Waals surface area contributed by atoms with Gasteiger partial charge in [0.05, 0.1) is 6.54 Å². The number of carbonyl (C=O) groups is 1. The average molecular weight is 266 g/mol. The van der Waals surface area contributed by atoms with Crippen molar-refractivity contribution in [2.24, 2.45) is 0 Å². The summed E-state index contributed by atoms with van der Waals surface area (Å²) in [6.45, 7) is 8.33. The first-order valence-electron chi connectivity index (χ1n) is 6.69. The Labute approximate surface area is 114 Å². The molecule has 0 heterocycles. The standard InChI is InChI=1S/C15H23FN2O/c1-5-12(4)17-9-14(19)18-8-13-6-10(2)15(16)11(3)7-13/h6-7,12,17H,5,8-9H2,1-4H3,(H,18,19). The van der Waals surface area contributed by atoms with Crippen LogP contribution in [0.4, 0.5) is 4.39 Å². The van der Waals surface area contributed by atoms with E-state index < -0.39 is 0 Å². The van der Waals surface area contributed by atoms with Crippen LogP contribution in [0, 0.1) is 19.7 Å². The summed E-state index contributed by atoms with van der Waals surface area (Å²) >= 11 is 0. The Morgan fingerprint density at radius 1 is 1.32 bits per heavy atom. The topological polar surface area (TPSA) is 41.1 Å². The largest absolute Gasteiger partial charge is 0.351 e. The molecule has 1 rings (SSSR count). The summed E-state index contributed by atoms with van der Waals surface area (Å²) in [7, 11) is 0. The first kappa shape index (κ1) is 15.6. The van der Waals surface area contributed by atoms with Crippen LogP contribution in [0.1, 0.15) is 37.0 Å². The van der Waals surface area contributed by atoms with Crippen molar-refractivity contribution in [2.75, 3.05) is 6.54 Å². The van der Waals surface area contributed by atoms with Gasteiger partial charge in [-0.15, -0.1) is 0 Å². The van der Waals surface area contributed by atoms with Gasteiger partial charge < -0.3 is 10.6 Å². The molecular weight excluding hydrogens is 243 g/mol. The number of amides is 1. The molecule has 4 heteroatoms. The van der Waals surface area contributed by atoms with Gasteiger partial charge in [0.15, 0.2) is 0 Å². The number of rotatable bonds is 6. The molecule has 0 radical (unpaired) electrons. The first-order chi connectivity index (χ1) is 8.93. The number of hydrogen-bond donors (Lipinski definition) is 2. The highest BCUT2D eigenvalue weighted by atomic mass is 19.1. The molecule has 1 aromatic rings. The van der Waals surface area contributed by atoms with Crippen molar-refractivity contribution >= 4 is 5.91 Å². The van der Waals surface area contributed by atoms with Crippen LogP contribution in [0.25, 0.3) is 0 Å². The van der Waals surface area contributed by atoms with Gasteiger partial charge in [0.2, 0.25) is 5.91 Å². The summed E-state index contributed by atoms with van der Waals surface area (Å²) < 4.78 is 13.5. The van der Waals surface area contributed by atoms with E-state index in [1.165, 1.54) is 0 Å². The Balaban J connectivity index is 2.46. The van der Waals surface area contributed by atoms with Crippen LogP contribution in [0.15, 0.2) is 12.1 Å². The maximum Gasteiger partial charge on any atom is 0.234 e. The Morgan fingerprint density at radius 3 is 2.42 bits per heavy atom. The van der Waals surface area contributed by atoms with E-state index in [-0.39, 0.29) is 11.7 Å². The van der Waals surface area contributed by atoms with Gasteiger partial charge in [0.25, 0.3) is 0 Å². The van der Waals surface area contributed by atoms with E-state index >= 15 is 0 Å². The molecule has 0 fully saturated rings. The van der Waals surface area contributed by atoms with Crippen LogP contribution in [-0.4, -0.2) is 18.5 Å². The van der Waals surface area contributed by atoms with E-state index in [0.717, 1.165) is 12.0 Å². The van der Waals surface area contributed by atoms with Gasteiger partial charge in [-0.25, -0.2) is 4.39 Å². The monoisotopic (exact) mass is 266 g/mol. The van der Waals surface area contributed by atoms with Crippen molar-refractivity contribution in [3.63, 3.8) is 0 Å². The predicted molar refractivity (Wildman–Crippen MR) is 75.5 cm³/mol. The summed E-state index contributed by atoms with van der Waals surface area (Å²) in [5.74, 6) is -0.214. The van der Waals surface area contributed by atoms with Gasteiger partial charge in [-0.1, -0.05) is 19.1 Å². The lowest BCUT2D eigenvalue weighted by atomic mass is 10.1. The smallest absolute Gasteiger partial charge is 0.234 e. The van der Waals surface area contributed by atoms with Crippen molar-refractivity contribution in [1.82, 2.24) is 10.6 Å². The molecule has 0 aliphatic heterocycles. The summed E-state index contributed by atoms with van der Waals surface area (Å²) in [6, 6.07) is 3.87. The van der Waals surface area contributed by atoms with Gasteiger partial charge in [0, 0.05) is 12.6 Å². The lowest BCUT2D eigenvalue weighted by Gasteiger charge is -2.12. The Bertz CT molecular complexity index is 423. The van der Waals surface area contributed by atoms with Crippen molar-refractivity contribution in [1.29, 1.82) is 0 Å². The normalized spacial score (nSPS) is 12.3. The zero-order valence-electron chi connectivity index (χ0n) is 12.1. The third kappa shape index (κ3) is 4.99. The number of halogens is 1. The van der Waals surface area contributed by atoms with Crippen LogP contribution < -0.4 is 10.6 Å². The number of carbonyl (C=O) groups excluding carboxylic acids is 1. The predicted octanol–water partition coefficient (Wildman–Crippen LogP) is 2.45. The summed E-state index contributed by atoms with van der Waals surface area (Å²) in [4.78, 5) is 11.6. The van der Waals surface area contributed by atoms with Crippen molar-refractivity contribution in [2.45, 2.75) is 46.7 Å². The van der Waals surface area contributed by atoms with Crippen LogP contribution >= 0.6 is 0 Å². The lowest BCUT2D eigenvalue weighted by Crippen LogP contribution is -2.37. The molecule has 0 bridgehead atoms. The molecule has 1 amide bonds. The van der Waals surface area contributed by atoms with Gasteiger partial charge in [-0.3, -0.25) is 4.79 Å². The molecule has 0 aliphatic rings. The highest BCUT2D eigenvalue weighted by Gasteiger charge is 2.06. The summed E-state index contributed by atoms with van der Waals surface area (Å²) in [6.07, 6.45) is 0.990. The molecule has 0 aliphatic carbocycles. The number of benzene rings is 1. The van der Waals surface area contributed by atoms with Gasteiger partial charge in [-0.2, -0.15) is 0 Å². The second-order valence-electron chi connectivity index (χ2n) is 5.01. The minimum Gasteiger partial charge on any atom is -0.351 e. The van der Waals surface area contributed by atoms with E-state index in [4.69, 9.17) is 0 Å². The number of aryl methyl sites for hydroxylation is 2. The fraction of sp³-hybridized carbons (Fsp3) is 0.533. The maximum absolute atomic E-state index is 13.5. The number of nitrogens with one attached hydrogen (secondary N) is 2. The van der Waals surface area contributed by atoms with Crippen LogP contribution in [0.5, 0.6) is 0 Å². The zero-order valence-corrected chi connectivity index (χ0v) is 12.1. The average Bonchev–Trinajstić information content (AvgIpc) is 2.39. The third-order valence-corrected chi connectivity index (χ3v) is 3.21. The van der Waals surface area contributed by atoms with E-state index in [0.29, 0.717) is 30.3 Å². The van der Waals surface area contributed by atoms with E-state index in [2.05, 4.69) is 17.6 Å². The summed E-state index contributed by atoms with van der Waals surface area (Å²) in [5.41, 5.74) is 2.15. The van der Waals surface area contributed by atoms with E-state index in [1.54, 1.807) is 26.0 Å². The molecule has 19 heavy (non-hydrogen) atoms. The second-order valence-corrected chi connectivity index (χ2v) is 5.01. The quantitative estimate of drug-likeness (QED) is 0.830. The van der Waals surface area contributed by atoms with E-state index in [1.807, 2.05) is 6.92 Å². The third-order valence-electron chi connectivity index (χ3n) is 3.21. The molecule has 106 valence electrons. The zero-order chi connectivity index (χ0) is 14.4. The molecule has 0 aromatic heterocycles. The molecule has 1 aromatic carbocycles. The highest BCUT2D eigenvalue weighted by molar-refractivity contribution is 5.78. The molecule has 3 nitrogen and oxygen atoms in total. The van der Waals surface area contributed by atoms with Gasteiger partial charge >= 0.3 is 0 Å².